The Morgan fingerprint density at radius 3 is 2.70 bits per heavy atom. The van der Waals surface area contributed by atoms with Crippen LogP contribution < -0.4 is 10.1 Å². The average Bonchev–Trinajstić information content (AvgIpc) is 2.50. The topological polar surface area (TPSA) is 21.3 Å². The molecule has 1 saturated carbocycles. The van der Waals surface area contributed by atoms with Crippen molar-refractivity contribution in [2.45, 2.75) is 58.4 Å². The van der Waals surface area contributed by atoms with Crippen LogP contribution in [0, 0.1) is 5.92 Å². The van der Waals surface area contributed by atoms with E-state index < -0.39 is 0 Å². The van der Waals surface area contributed by atoms with Crippen molar-refractivity contribution in [3.05, 3.63) is 29.8 Å². The van der Waals surface area contributed by atoms with E-state index in [4.69, 9.17) is 4.74 Å². The van der Waals surface area contributed by atoms with E-state index in [0.717, 1.165) is 24.8 Å². The molecule has 1 unspecified atom stereocenters. The third kappa shape index (κ3) is 4.24. The fourth-order valence-corrected chi connectivity index (χ4v) is 3.29. The molecule has 2 nitrogen and oxygen atoms in total. The number of ether oxygens (including phenoxy) is 1. The Hall–Kier alpha value is -1.02. The minimum atomic E-state index is 0.496. The normalized spacial score (nSPS) is 17.9. The van der Waals surface area contributed by atoms with E-state index >= 15 is 0 Å². The van der Waals surface area contributed by atoms with E-state index in [0.29, 0.717) is 6.04 Å². The highest BCUT2D eigenvalue weighted by atomic mass is 16.5. The minimum absolute atomic E-state index is 0.496. The van der Waals surface area contributed by atoms with Crippen molar-refractivity contribution in [3.8, 4) is 5.75 Å². The zero-order valence-electron chi connectivity index (χ0n) is 13.0. The number of nitrogens with one attached hydrogen (secondary N) is 1. The Morgan fingerprint density at radius 1 is 1.20 bits per heavy atom. The van der Waals surface area contributed by atoms with Crippen LogP contribution in [0.2, 0.25) is 0 Å². The van der Waals surface area contributed by atoms with Crippen LogP contribution in [-0.2, 0) is 0 Å². The van der Waals surface area contributed by atoms with Crippen LogP contribution in [0.5, 0.6) is 5.75 Å². The molecule has 1 aliphatic rings. The molecular weight excluding hydrogens is 246 g/mol. The number of hydrogen-bond acceptors (Lipinski definition) is 2. The lowest BCUT2D eigenvalue weighted by Gasteiger charge is -2.31. The van der Waals surface area contributed by atoms with E-state index in [1.807, 2.05) is 6.92 Å². The summed E-state index contributed by atoms with van der Waals surface area (Å²) in [5.74, 6) is 1.79. The summed E-state index contributed by atoms with van der Waals surface area (Å²) in [7, 11) is 0. The molecule has 1 N–H and O–H groups in total. The summed E-state index contributed by atoms with van der Waals surface area (Å²) in [6.45, 7) is 6.11. The monoisotopic (exact) mass is 275 g/mol. The predicted molar refractivity (Wildman–Crippen MR) is 85.2 cm³/mol. The third-order valence-corrected chi connectivity index (χ3v) is 4.26. The Morgan fingerprint density at radius 2 is 2.00 bits per heavy atom. The van der Waals surface area contributed by atoms with E-state index in [2.05, 4.69) is 36.5 Å². The molecule has 0 aliphatic heterocycles. The van der Waals surface area contributed by atoms with E-state index in [1.165, 1.54) is 44.1 Å². The molecule has 0 amide bonds. The number of benzene rings is 1. The van der Waals surface area contributed by atoms with Gasteiger partial charge >= 0.3 is 0 Å². The second-order valence-corrected chi connectivity index (χ2v) is 5.84. The fraction of sp³-hybridized carbons (Fsp3) is 0.667. The first-order valence-corrected chi connectivity index (χ1v) is 8.31. The van der Waals surface area contributed by atoms with Crippen LogP contribution in [-0.4, -0.2) is 13.2 Å². The standard InChI is InChI=1S/C18H29NO/c1-3-13-19-18(15-9-6-5-7-10-15)16-11-8-12-17(14-16)20-4-2/h8,11-12,14-15,18-19H,3-7,9-10,13H2,1-2H3. The van der Waals surface area contributed by atoms with Crippen molar-refractivity contribution in [1.29, 1.82) is 0 Å². The van der Waals surface area contributed by atoms with Gasteiger partial charge < -0.3 is 10.1 Å². The molecule has 1 fully saturated rings. The summed E-state index contributed by atoms with van der Waals surface area (Å²) in [5, 5.41) is 3.77. The molecule has 0 saturated heterocycles. The van der Waals surface area contributed by atoms with Crippen molar-refractivity contribution in [1.82, 2.24) is 5.32 Å². The van der Waals surface area contributed by atoms with Gasteiger partial charge in [0, 0.05) is 6.04 Å². The first-order chi connectivity index (χ1) is 9.85. The first kappa shape index (κ1) is 15.4. The molecule has 1 aromatic rings. The van der Waals surface area contributed by atoms with Gasteiger partial charge in [0.1, 0.15) is 5.75 Å². The zero-order chi connectivity index (χ0) is 14.2. The van der Waals surface area contributed by atoms with Crippen LogP contribution in [0.4, 0.5) is 0 Å². The quantitative estimate of drug-likeness (QED) is 0.778. The largest absolute Gasteiger partial charge is 0.494 e. The average molecular weight is 275 g/mol. The van der Waals surface area contributed by atoms with Gasteiger partial charge in [-0.15, -0.1) is 0 Å². The SMILES string of the molecule is CCCNC(c1cccc(OCC)c1)C1CCCCC1. The molecule has 1 atom stereocenters. The molecule has 2 rings (SSSR count). The van der Waals surface area contributed by atoms with Crippen LogP contribution in [0.25, 0.3) is 0 Å². The highest BCUT2D eigenvalue weighted by Gasteiger charge is 2.24. The van der Waals surface area contributed by atoms with Gasteiger partial charge in [-0.1, -0.05) is 38.3 Å². The zero-order valence-corrected chi connectivity index (χ0v) is 13.0. The summed E-state index contributed by atoms with van der Waals surface area (Å²) in [6, 6.07) is 9.17. The van der Waals surface area contributed by atoms with Gasteiger partial charge in [-0.25, -0.2) is 0 Å². The van der Waals surface area contributed by atoms with Crippen molar-refractivity contribution >= 4 is 0 Å². The molecule has 0 heterocycles. The summed E-state index contributed by atoms with van der Waals surface area (Å²) >= 11 is 0. The predicted octanol–water partition coefficient (Wildman–Crippen LogP) is 4.71. The number of hydrogen-bond donors (Lipinski definition) is 1. The molecule has 20 heavy (non-hydrogen) atoms. The van der Waals surface area contributed by atoms with Crippen molar-refractivity contribution in [2.75, 3.05) is 13.2 Å². The van der Waals surface area contributed by atoms with Crippen molar-refractivity contribution in [3.63, 3.8) is 0 Å². The third-order valence-electron chi connectivity index (χ3n) is 4.26. The Bertz CT molecular complexity index is 385. The smallest absolute Gasteiger partial charge is 0.119 e. The summed E-state index contributed by atoms with van der Waals surface area (Å²) in [4.78, 5) is 0. The molecule has 0 bridgehead atoms. The van der Waals surface area contributed by atoms with Gasteiger partial charge in [0.25, 0.3) is 0 Å². The van der Waals surface area contributed by atoms with Gasteiger partial charge in [0.15, 0.2) is 0 Å². The van der Waals surface area contributed by atoms with Crippen molar-refractivity contribution in [2.24, 2.45) is 5.92 Å². The molecule has 0 radical (unpaired) electrons. The van der Waals surface area contributed by atoms with Crippen LogP contribution >= 0.6 is 0 Å². The van der Waals surface area contributed by atoms with Gasteiger partial charge in [-0.2, -0.15) is 0 Å². The Labute approximate surface area is 123 Å². The molecule has 1 aromatic carbocycles. The lowest BCUT2D eigenvalue weighted by Crippen LogP contribution is -2.30. The van der Waals surface area contributed by atoms with E-state index in [1.54, 1.807) is 0 Å². The Balaban J connectivity index is 2.13. The van der Waals surface area contributed by atoms with Gasteiger partial charge in [0.05, 0.1) is 6.61 Å². The molecule has 112 valence electrons. The van der Waals surface area contributed by atoms with Crippen LogP contribution in [0.15, 0.2) is 24.3 Å². The van der Waals surface area contributed by atoms with Gasteiger partial charge in [-0.3, -0.25) is 0 Å². The highest BCUT2D eigenvalue weighted by Crippen LogP contribution is 2.35. The molecule has 0 spiro atoms. The van der Waals surface area contributed by atoms with E-state index in [9.17, 15) is 0 Å². The lowest BCUT2D eigenvalue weighted by atomic mass is 9.81. The minimum Gasteiger partial charge on any atom is -0.494 e. The second kappa shape index (κ2) is 8.31. The molecular formula is C18H29NO. The summed E-state index contributed by atoms with van der Waals surface area (Å²) in [5.41, 5.74) is 1.40. The first-order valence-electron chi connectivity index (χ1n) is 8.31. The second-order valence-electron chi connectivity index (χ2n) is 5.84. The lowest BCUT2D eigenvalue weighted by molar-refractivity contribution is 0.271. The molecule has 1 aliphatic carbocycles. The Kier molecular flexibility index (Phi) is 6.38. The summed E-state index contributed by atoms with van der Waals surface area (Å²) < 4.78 is 5.66. The fourth-order valence-electron chi connectivity index (χ4n) is 3.29. The maximum Gasteiger partial charge on any atom is 0.119 e. The highest BCUT2D eigenvalue weighted by molar-refractivity contribution is 5.31. The van der Waals surface area contributed by atoms with Crippen LogP contribution in [0.1, 0.15) is 64.0 Å². The number of rotatable bonds is 7. The molecule has 0 aromatic heterocycles. The maximum atomic E-state index is 5.66. The summed E-state index contributed by atoms with van der Waals surface area (Å²) in [6.07, 6.45) is 8.10. The van der Waals surface area contributed by atoms with Gasteiger partial charge in [0.2, 0.25) is 0 Å². The molecule has 2 heteroatoms. The van der Waals surface area contributed by atoms with Gasteiger partial charge in [-0.05, 0) is 56.3 Å². The van der Waals surface area contributed by atoms with Crippen molar-refractivity contribution < 1.29 is 4.74 Å². The van der Waals surface area contributed by atoms with Crippen LogP contribution in [0.3, 0.4) is 0 Å². The van der Waals surface area contributed by atoms with E-state index in [-0.39, 0.29) is 0 Å². The maximum absolute atomic E-state index is 5.66.